The average Bonchev–Trinajstić information content (AvgIpc) is 1.95. The molecule has 0 aromatic rings. The van der Waals surface area contributed by atoms with Gasteiger partial charge in [0, 0.05) is 29.6 Å². The van der Waals surface area contributed by atoms with Crippen molar-refractivity contribution < 1.29 is 36.3 Å². The maximum absolute atomic E-state index is 9.96. The van der Waals surface area contributed by atoms with Crippen molar-refractivity contribution in [3.05, 3.63) is 0 Å². The van der Waals surface area contributed by atoms with Gasteiger partial charge in [0.05, 0.1) is 13.1 Å². The van der Waals surface area contributed by atoms with Crippen LogP contribution in [0, 0.1) is 0 Å². The molecule has 80 valence electrons. The molecular weight excluding hydrogens is 223 g/mol. The van der Waals surface area contributed by atoms with E-state index in [1.165, 1.54) is 0 Å². The Bertz CT molecular complexity index is 147. The van der Waals surface area contributed by atoms with Gasteiger partial charge in [0.15, 0.2) is 0 Å². The van der Waals surface area contributed by atoms with E-state index in [9.17, 15) is 9.59 Å². The summed E-state index contributed by atoms with van der Waals surface area (Å²) in [6, 6.07) is 0. The van der Waals surface area contributed by atoms with Crippen molar-refractivity contribution in [1.82, 2.24) is 10.6 Å². The zero-order valence-electron chi connectivity index (χ0n) is 6.86. The van der Waals surface area contributed by atoms with E-state index in [0.717, 1.165) is 0 Å². The number of carboxylic acid groups (broad SMARTS) is 2. The summed E-state index contributed by atoms with van der Waals surface area (Å²) in [7, 11) is 0. The molecule has 13 heavy (non-hydrogen) atoms. The Labute approximate surface area is 85.6 Å². The van der Waals surface area contributed by atoms with Gasteiger partial charge in [0.25, 0.3) is 0 Å². The molecule has 0 atom stereocenters. The summed E-state index contributed by atoms with van der Waals surface area (Å²) in [5.41, 5.74) is 0. The van der Waals surface area contributed by atoms with Gasteiger partial charge in [-0.05, 0) is 0 Å². The molecule has 0 radical (unpaired) electrons. The molecule has 0 aromatic heterocycles. The van der Waals surface area contributed by atoms with Crippen LogP contribution >= 0.6 is 0 Å². The van der Waals surface area contributed by atoms with Gasteiger partial charge in [-0.3, -0.25) is 9.59 Å². The summed E-state index contributed by atoms with van der Waals surface area (Å²) in [5.74, 6) is -1.85. The van der Waals surface area contributed by atoms with E-state index in [2.05, 4.69) is 10.6 Å². The van der Waals surface area contributed by atoms with Crippen LogP contribution in [0.25, 0.3) is 0 Å². The molecule has 4 N–H and O–H groups in total. The molecule has 0 amide bonds. The van der Waals surface area contributed by atoms with Crippen molar-refractivity contribution in [3.8, 4) is 0 Å². The first kappa shape index (κ1) is 14.9. The first-order chi connectivity index (χ1) is 5.63. The summed E-state index contributed by atoms with van der Waals surface area (Å²) >= 11 is 0. The second-order valence-electron chi connectivity index (χ2n) is 2.14. The monoisotopic (exact) mass is 234 g/mol. The molecule has 0 rings (SSSR count). The molecule has 0 aliphatic rings. The molecule has 0 spiro atoms. The topological polar surface area (TPSA) is 98.7 Å². The van der Waals surface area contributed by atoms with Gasteiger partial charge in [0.2, 0.25) is 0 Å². The summed E-state index contributed by atoms with van der Waals surface area (Å²) in [4.78, 5) is 19.9. The number of hydrogen-bond donors (Lipinski definition) is 4. The van der Waals surface area contributed by atoms with E-state index in [1.807, 2.05) is 0 Å². The van der Waals surface area contributed by atoms with Crippen LogP contribution in [0.15, 0.2) is 0 Å². The van der Waals surface area contributed by atoms with Crippen molar-refractivity contribution in [2.45, 2.75) is 0 Å². The van der Waals surface area contributed by atoms with Gasteiger partial charge in [-0.25, -0.2) is 0 Å². The molecule has 0 saturated heterocycles. The number of aliphatic carboxylic acids is 2. The van der Waals surface area contributed by atoms with Crippen LogP contribution in [0.2, 0.25) is 0 Å². The zero-order chi connectivity index (χ0) is 9.40. The van der Waals surface area contributed by atoms with E-state index in [-0.39, 0.29) is 29.6 Å². The van der Waals surface area contributed by atoms with Crippen LogP contribution in [0.5, 0.6) is 0 Å². The minimum absolute atomic E-state index is 0. The Morgan fingerprint density at radius 3 is 1.46 bits per heavy atom. The third-order valence-electron chi connectivity index (χ3n) is 1.03. The van der Waals surface area contributed by atoms with Crippen LogP contribution in [0.1, 0.15) is 0 Å². The predicted octanol–water partition coefficient (Wildman–Crippen LogP) is -1.67. The molecule has 6 nitrogen and oxygen atoms in total. The van der Waals surface area contributed by atoms with E-state index < -0.39 is 11.9 Å². The van der Waals surface area contributed by atoms with Crippen LogP contribution in [0.3, 0.4) is 0 Å². The molecular formula is C6H12N2NiO4. The van der Waals surface area contributed by atoms with Gasteiger partial charge >= 0.3 is 11.9 Å². The van der Waals surface area contributed by atoms with Crippen LogP contribution in [-0.4, -0.2) is 48.3 Å². The largest absolute Gasteiger partial charge is 0.480 e. The SMILES string of the molecule is O=C(O)CNCCNCC(=O)O.[Ni]. The quantitative estimate of drug-likeness (QED) is 0.311. The third kappa shape index (κ3) is 14.2. The molecule has 0 aliphatic carbocycles. The Kier molecular flexibility index (Phi) is 10.8. The number of hydrogen-bond acceptors (Lipinski definition) is 4. The summed E-state index contributed by atoms with van der Waals surface area (Å²) in [6.07, 6.45) is 0. The molecule has 7 heteroatoms. The smallest absolute Gasteiger partial charge is 0.317 e. The van der Waals surface area contributed by atoms with Crippen molar-refractivity contribution in [2.75, 3.05) is 26.2 Å². The van der Waals surface area contributed by atoms with E-state index >= 15 is 0 Å². The van der Waals surface area contributed by atoms with Gasteiger partial charge in [-0.1, -0.05) is 0 Å². The fourth-order valence-electron chi connectivity index (χ4n) is 0.567. The van der Waals surface area contributed by atoms with Gasteiger partial charge in [-0.15, -0.1) is 0 Å². The maximum atomic E-state index is 9.96. The summed E-state index contributed by atoms with van der Waals surface area (Å²) in [6.45, 7) is 0.683. The van der Waals surface area contributed by atoms with Crippen molar-refractivity contribution in [2.24, 2.45) is 0 Å². The molecule has 0 aromatic carbocycles. The van der Waals surface area contributed by atoms with Crippen LogP contribution in [0.4, 0.5) is 0 Å². The zero-order valence-corrected chi connectivity index (χ0v) is 7.84. The fourth-order valence-corrected chi connectivity index (χ4v) is 0.567. The van der Waals surface area contributed by atoms with Crippen molar-refractivity contribution in [1.29, 1.82) is 0 Å². The number of carbonyl (C=O) groups is 2. The molecule has 0 saturated carbocycles. The second-order valence-corrected chi connectivity index (χ2v) is 2.14. The molecule has 0 unspecified atom stereocenters. The first-order valence-corrected chi connectivity index (χ1v) is 3.48. The summed E-state index contributed by atoms with van der Waals surface area (Å²) in [5, 5.41) is 21.6. The third-order valence-corrected chi connectivity index (χ3v) is 1.03. The Balaban J connectivity index is 0. The van der Waals surface area contributed by atoms with Crippen LogP contribution < -0.4 is 10.6 Å². The first-order valence-electron chi connectivity index (χ1n) is 3.48. The van der Waals surface area contributed by atoms with Crippen molar-refractivity contribution in [3.63, 3.8) is 0 Å². The minimum atomic E-state index is -0.923. The van der Waals surface area contributed by atoms with Crippen molar-refractivity contribution >= 4 is 11.9 Å². The van der Waals surface area contributed by atoms with Gasteiger partial charge in [0.1, 0.15) is 0 Å². The summed E-state index contributed by atoms with van der Waals surface area (Å²) < 4.78 is 0. The van der Waals surface area contributed by atoms with Gasteiger partial charge in [-0.2, -0.15) is 0 Å². The van der Waals surface area contributed by atoms with Crippen LogP contribution in [-0.2, 0) is 26.1 Å². The predicted molar refractivity (Wildman–Crippen MR) is 41.0 cm³/mol. The molecule has 0 bridgehead atoms. The number of carboxylic acids is 2. The van der Waals surface area contributed by atoms with E-state index in [1.54, 1.807) is 0 Å². The Morgan fingerprint density at radius 1 is 0.923 bits per heavy atom. The Morgan fingerprint density at radius 2 is 1.23 bits per heavy atom. The fraction of sp³-hybridized carbons (Fsp3) is 0.667. The van der Waals surface area contributed by atoms with E-state index in [4.69, 9.17) is 10.2 Å². The standard InChI is InChI=1S/C6H12N2O4.Ni/c9-5(10)3-7-1-2-8-4-6(11)12;/h7-8H,1-4H2,(H,9,10)(H,11,12);. The molecule has 0 fully saturated rings. The second kappa shape index (κ2) is 9.44. The van der Waals surface area contributed by atoms with Gasteiger partial charge < -0.3 is 20.8 Å². The Hall–Kier alpha value is -0.646. The minimum Gasteiger partial charge on any atom is -0.480 e. The molecule has 0 aliphatic heterocycles. The molecule has 0 heterocycles. The number of rotatable bonds is 7. The normalized spacial score (nSPS) is 8.92. The average molecular weight is 235 g/mol. The number of nitrogens with one attached hydrogen (secondary N) is 2. The maximum Gasteiger partial charge on any atom is 0.317 e. The van der Waals surface area contributed by atoms with E-state index in [0.29, 0.717) is 13.1 Å².